The van der Waals surface area contributed by atoms with E-state index in [0.717, 1.165) is 11.5 Å². The smallest absolute Gasteiger partial charge is 0.246 e. The highest BCUT2D eigenvalue weighted by Gasteiger charge is 2.31. The van der Waals surface area contributed by atoms with Crippen LogP contribution in [0.1, 0.15) is 33.3 Å². The van der Waals surface area contributed by atoms with E-state index in [9.17, 15) is 0 Å². The third kappa shape index (κ3) is 2.19. The predicted octanol–water partition coefficient (Wildman–Crippen LogP) is 3.53. The lowest BCUT2D eigenvalue weighted by molar-refractivity contribution is -0.0431. The molecule has 0 unspecified atom stereocenters. The molecule has 0 saturated heterocycles. The van der Waals surface area contributed by atoms with Gasteiger partial charge in [0.15, 0.2) is 11.5 Å². The second-order valence-electron chi connectivity index (χ2n) is 3.55. The van der Waals surface area contributed by atoms with Gasteiger partial charge in [-0.05, 0) is 24.6 Å². The molecule has 2 rings (SSSR count). The zero-order valence-corrected chi connectivity index (χ0v) is 9.55. The Kier molecular flexibility index (Phi) is 3.04. The number of fused-ring (bicyclic) bond motifs is 1. The first kappa shape index (κ1) is 10.9. The van der Waals surface area contributed by atoms with E-state index in [-0.39, 0.29) is 0 Å². The summed E-state index contributed by atoms with van der Waals surface area (Å²) in [5.41, 5.74) is 1.19. The van der Waals surface area contributed by atoms with Crippen LogP contribution in [0.25, 0.3) is 0 Å². The second kappa shape index (κ2) is 3.91. The fraction of sp³-hybridized carbons (Fsp3) is 0.500. The zero-order valence-electron chi connectivity index (χ0n) is 9.55. The number of hydrogen-bond donors (Lipinski definition) is 0. The highest BCUT2D eigenvalue weighted by molar-refractivity contribution is 5.45. The van der Waals surface area contributed by atoms with Gasteiger partial charge in [0, 0.05) is 13.8 Å². The van der Waals surface area contributed by atoms with E-state index in [1.165, 1.54) is 5.56 Å². The fourth-order valence-corrected chi connectivity index (χ4v) is 1.33. The Bertz CT molecular complexity index is 316. The minimum absolute atomic E-state index is 0.504. The van der Waals surface area contributed by atoms with E-state index in [2.05, 4.69) is 0 Å². The molecule has 1 aliphatic rings. The summed E-state index contributed by atoms with van der Waals surface area (Å²) in [6.07, 6.45) is 0. The third-order valence-electron chi connectivity index (χ3n) is 1.81. The highest BCUT2D eigenvalue weighted by atomic mass is 16.7. The van der Waals surface area contributed by atoms with E-state index in [0.29, 0.717) is 0 Å². The Hall–Kier alpha value is -1.18. The Morgan fingerprint density at radius 2 is 1.57 bits per heavy atom. The normalized spacial score (nSPS) is 15.8. The van der Waals surface area contributed by atoms with Gasteiger partial charge in [0.1, 0.15) is 0 Å². The van der Waals surface area contributed by atoms with Gasteiger partial charge < -0.3 is 9.47 Å². The van der Waals surface area contributed by atoms with Crippen molar-refractivity contribution in [2.75, 3.05) is 0 Å². The fourth-order valence-electron chi connectivity index (χ4n) is 1.33. The monoisotopic (exact) mass is 194 g/mol. The van der Waals surface area contributed by atoms with Gasteiger partial charge in [0.05, 0.1) is 0 Å². The maximum Gasteiger partial charge on any atom is 0.246 e. The second-order valence-corrected chi connectivity index (χ2v) is 3.55. The van der Waals surface area contributed by atoms with E-state index in [1.807, 2.05) is 52.8 Å². The summed E-state index contributed by atoms with van der Waals surface area (Å²) >= 11 is 0. The van der Waals surface area contributed by atoms with E-state index < -0.39 is 5.79 Å². The van der Waals surface area contributed by atoms with Crippen molar-refractivity contribution in [3.63, 3.8) is 0 Å². The van der Waals surface area contributed by atoms with E-state index in [1.54, 1.807) is 0 Å². The summed E-state index contributed by atoms with van der Waals surface area (Å²) in [6, 6.07) is 5.95. The number of aryl methyl sites for hydroxylation is 1. The molecule has 2 nitrogen and oxygen atoms in total. The van der Waals surface area contributed by atoms with Crippen molar-refractivity contribution < 1.29 is 9.47 Å². The van der Waals surface area contributed by atoms with Crippen molar-refractivity contribution in [3.8, 4) is 11.5 Å². The van der Waals surface area contributed by atoms with Crippen LogP contribution in [0.2, 0.25) is 0 Å². The van der Waals surface area contributed by atoms with Crippen LogP contribution in [0.15, 0.2) is 18.2 Å². The first-order valence-electron chi connectivity index (χ1n) is 5.05. The van der Waals surface area contributed by atoms with Gasteiger partial charge in [-0.1, -0.05) is 19.9 Å². The Balaban J connectivity index is 0.000000461. The summed E-state index contributed by atoms with van der Waals surface area (Å²) in [5, 5.41) is 0. The average Bonchev–Trinajstić information content (AvgIpc) is 2.41. The van der Waals surface area contributed by atoms with Crippen LogP contribution in [-0.4, -0.2) is 5.79 Å². The van der Waals surface area contributed by atoms with E-state index in [4.69, 9.17) is 9.47 Å². The summed E-state index contributed by atoms with van der Waals surface area (Å²) in [5.74, 6) is 1.18. The van der Waals surface area contributed by atoms with Gasteiger partial charge in [0.25, 0.3) is 0 Å². The molecule has 0 N–H and O–H groups in total. The topological polar surface area (TPSA) is 18.5 Å². The Morgan fingerprint density at radius 1 is 1.00 bits per heavy atom. The number of benzene rings is 1. The summed E-state index contributed by atoms with van der Waals surface area (Å²) in [7, 11) is 0. The average molecular weight is 194 g/mol. The van der Waals surface area contributed by atoms with Crippen LogP contribution in [0.3, 0.4) is 0 Å². The van der Waals surface area contributed by atoms with Crippen molar-refractivity contribution in [1.29, 1.82) is 0 Å². The Labute approximate surface area is 85.8 Å². The van der Waals surface area contributed by atoms with Crippen LogP contribution in [0.4, 0.5) is 0 Å². The molecule has 0 radical (unpaired) electrons. The first-order valence-corrected chi connectivity index (χ1v) is 5.05. The summed E-state index contributed by atoms with van der Waals surface area (Å²) in [4.78, 5) is 0. The minimum Gasteiger partial charge on any atom is -0.449 e. The molecule has 1 aliphatic heterocycles. The zero-order chi connectivity index (χ0) is 10.8. The SMILES string of the molecule is CC.Cc1ccc2c(c1)OC(C)(C)O2. The van der Waals surface area contributed by atoms with Crippen molar-refractivity contribution in [3.05, 3.63) is 23.8 Å². The molecule has 2 heteroatoms. The van der Waals surface area contributed by atoms with Gasteiger partial charge >= 0.3 is 0 Å². The number of hydrogen-bond acceptors (Lipinski definition) is 2. The molecule has 78 valence electrons. The minimum atomic E-state index is -0.504. The molecule has 0 amide bonds. The molecule has 1 aromatic rings. The van der Waals surface area contributed by atoms with Crippen molar-refractivity contribution in [1.82, 2.24) is 0 Å². The standard InChI is InChI=1S/C10H12O2.C2H6/c1-7-4-5-8-9(6-7)12-10(2,3)11-8;1-2/h4-6H,1-3H3;1-2H3. The van der Waals surface area contributed by atoms with Gasteiger partial charge in [-0.25, -0.2) is 0 Å². The van der Waals surface area contributed by atoms with Crippen molar-refractivity contribution >= 4 is 0 Å². The van der Waals surface area contributed by atoms with Gasteiger partial charge in [0.2, 0.25) is 5.79 Å². The van der Waals surface area contributed by atoms with Gasteiger partial charge in [-0.15, -0.1) is 0 Å². The number of rotatable bonds is 0. The lowest BCUT2D eigenvalue weighted by Gasteiger charge is -2.16. The molecule has 0 bridgehead atoms. The quantitative estimate of drug-likeness (QED) is 0.629. The molecular formula is C12H18O2. The lowest BCUT2D eigenvalue weighted by Crippen LogP contribution is -2.29. The molecule has 0 fully saturated rings. The molecule has 1 heterocycles. The third-order valence-corrected chi connectivity index (χ3v) is 1.81. The molecule has 0 aromatic heterocycles. The van der Waals surface area contributed by atoms with Crippen molar-refractivity contribution in [2.24, 2.45) is 0 Å². The molecule has 14 heavy (non-hydrogen) atoms. The summed E-state index contributed by atoms with van der Waals surface area (Å²) < 4.78 is 11.1. The van der Waals surface area contributed by atoms with E-state index >= 15 is 0 Å². The predicted molar refractivity (Wildman–Crippen MR) is 57.9 cm³/mol. The lowest BCUT2D eigenvalue weighted by atomic mass is 10.2. The maximum atomic E-state index is 5.55. The summed E-state index contributed by atoms with van der Waals surface area (Å²) in [6.45, 7) is 9.85. The van der Waals surface area contributed by atoms with Gasteiger partial charge in [-0.2, -0.15) is 0 Å². The van der Waals surface area contributed by atoms with Crippen LogP contribution in [0.5, 0.6) is 11.5 Å². The molecule has 0 atom stereocenters. The highest BCUT2D eigenvalue weighted by Crippen LogP contribution is 2.39. The molecule has 1 aromatic carbocycles. The van der Waals surface area contributed by atoms with Gasteiger partial charge in [-0.3, -0.25) is 0 Å². The largest absolute Gasteiger partial charge is 0.449 e. The van der Waals surface area contributed by atoms with Crippen LogP contribution in [0, 0.1) is 6.92 Å². The maximum absolute atomic E-state index is 5.55. The number of ether oxygens (including phenoxy) is 2. The molecule has 0 spiro atoms. The van der Waals surface area contributed by atoms with Crippen LogP contribution >= 0.6 is 0 Å². The molecule has 0 saturated carbocycles. The first-order chi connectivity index (χ1) is 6.57. The van der Waals surface area contributed by atoms with Crippen LogP contribution < -0.4 is 9.47 Å². The molecular weight excluding hydrogens is 176 g/mol. The Morgan fingerprint density at radius 3 is 2.21 bits per heavy atom. The van der Waals surface area contributed by atoms with Crippen LogP contribution in [-0.2, 0) is 0 Å². The van der Waals surface area contributed by atoms with Crippen molar-refractivity contribution in [2.45, 2.75) is 40.4 Å². The molecule has 0 aliphatic carbocycles.